The minimum absolute atomic E-state index is 0.0741. The molecule has 4 nitrogen and oxygen atoms in total. The minimum Gasteiger partial charge on any atom is -0.393 e. The molecule has 0 bridgehead atoms. The summed E-state index contributed by atoms with van der Waals surface area (Å²) in [5, 5.41) is 13.1. The van der Waals surface area contributed by atoms with Crippen molar-refractivity contribution in [1.82, 2.24) is 10.3 Å². The van der Waals surface area contributed by atoms with Crippen LogP contribution in [0.1, 0.15) is 23.2 Å². The Hall–Kier alpha value is -1.81. The molecule has 0 atom stereocenters. The highest BCUT2D eigenvalue weighted by Gasteiger charge is 2.28. The maximum absolute atomic E-state index is 12.1. The second-order valence-corrected chi connectivity index (χ2v) is 4.54. The molecule has 1 aromatic heterocycles. The van der Waals surface area contributed by atoms with Gasteiger partial charge in [0.1, 0.15) is 0 Å². The van der Waals surface area contributed by atoms with Crippen LogP contribution in [0.3, 0.4) is 0 Å². The second kappa shape index (κ2) is 3.89. The standard InChI is InChI=1S/C13H14N2O2/c16-10-6-9(7-10)15-13(17)11-3-1-2-8-4-5-14-12(8)11/h1-5,9-10,14,16H,6-7H2,(H,15,17). The number of carbonyl (C=O) groups excluding carboxylic acids is 1. The van der Waals surface area contributed by atoms with Crippen molar-refractivity contribution in [2.75, 3.05) is 0 Å². The fourth-order valence-electron chi connectivity index (χ4n) is 2.24. The van der Waals surface area contributed by atoms with Gasteiger partial charge in [-0.15, -0.1) is 0 Å². The Morgan fingerprint density at radius 1 is 1.35 bits per heavy atom. The van der Waals surface area contributed by atoms with Gasteiger partial charge in [0, 0.05) is 17.6 Å². The van der Waals surface area contributed by atoms with Gasteiger partial charge >= 0.3 is 0 Å². The molecule has 1 heterocycles. The first-order valence-electron chi connectivity index (χ1n) is 5.79. The SMILES string of the molecule is O=C(NC1CC(O)C1)c1cccc2cc[nH]c12. The summed E-state index contributed by atoms with van der Waals surface area (Å²) in [7, 11) is 0. The van der Waals surface area contributed by atoms with Crippen LogP contribution in [0, 0.1) is 0 Å². The number of aliphatic hydroxyl groups excluding tert-OH is 1. The number of rotatable bonds is 2. The number of nitrogens with one attached hydrogen (secondary N) is 2. The van der Waals surface area contributed by atoms with E-state index in [0.29, 0.717) is 18.4 Å². The fourth-order valence-corrected chi connectivity index (χ4v) is 2.24. The van der Waals surface area contributed by atoms with E-state index < -0.39 is 0 Å². The first kappa shape index (κ1) is 10.4. The number of aliphatic hydroxyl groups is 1. The molecule has 0 radical (unpaired) electrons. The van der Waals surface area contributed by atoms with Gasteiger partial charge in [0.05, 0.1) is 17.2 Å². The highest BCUT2D eigenvalue weighted by Crippen LogP contribution is 2.21. The molecule has 3 N–H and O–H groups in total. The van der Waals surface area contributed by atoms with E-state index in [-0.39, 0.29) is 18.1 Å². The van der Waals surface area contributed by atoms with Crippen molar-refractivity contribution in [1.29, 1.82) is 0 Å². The third-order valence-electron chi connectivity index (χ3n) is 3.28. The molecular formula is C13H14N2O2. The molecule has 0 spiro atoms. The molecule has 0 unspecified atom stereocenters. The van der Waals surface area contributed by atoms with Crippen molar-refractivity contribution >= 4 is 16.8 Å². The van der Waals surface area contributed by atoms with Crippen LogP contribution in [-0.2, 0) is 0 Å². The summed E-state index contributed by atoms with van der Waals surface area (Å²) in [4.78, 5) is 15.1. The van der Waals surface area contributed by atoms with Gasteiger partial charge in [-0.25, -0.2) is 0 Å². The molecule has 1 saturated carbocycles. The molecule has 1 aromatic carbocycles. The number of hydrogen-bond acceptors (Lipinski definition) is 2. The summed E-state index contributed by atoms with van der Waals surface area (Å²) in [5.41, 5.74) is 1.53. The van der Waals surface area contributed by atoms with E-state index in [0.717, 1.165) is 10.9 Å². The maximum atomic E-state index is 12.1. The van der Waals surface area contributed by atoms with Crippen LogP contribution >= 0.6 is 0 Å². The van der Waals surface area contributed by atoms with E-state index in [1.54, 1.807) is 0 Å². The Balaban J connectivity index is 1.83. The Morgan fingerprint density at radius 2 is 2.18 bits per heavy atom. The number of aromatic amines is 1. The van der Waals surface area contributed by atoms with E-state index in [1.807, 2.05) is 30.5 Å². The average molecular weight is 230 g/mol. The van der Waals surface area contributed by atoms with Crippen LogP contribution < -0.4 is 5.32 Å². The number of benzene rings is 1. The summed E-state index contributed by atoms with van der Waals surface area (Å²) in [6.45, 7) is 0. The maximum Gasteiger partial charge on any atom is 0.253 e. The smallest absolute Gasteiger partial charge is 0.253 e. The van der Waals surface area contributed by atoms with Gasteiger partial charge in [-0.2, -0.15) is 0 Å². The molecule has 88 valence electrons. The predicted octanol–water partition coefficient (Wildman–Crippen LogP) is 1.42. The van der Waals surface area contributed by atoms with Crippen LogP contribution in [0.5, 0.6) is 0 Å². The van der Waals surface area contributed by atoms with Crippen molar-refractivity contribution in [3.8, 4) is 0 Å². The van der Waals surface area contributed by atoms with Crippen LogP contribution in [0.15, 0.2) is 30.5 Å². The zero-order valence-corrected chi connectivity index (χ0v) is 9.31. The lowest BCUT2D eigenvalue weighted by atomic mass is 9.89. The Labute approximate surface area is 98.6 Å². The Morgan fingerprint density at radius 3 is 2.94 bits per heavy atom. The van der Waals surface area contributed by atoms with Gasteiger partial charge in [0.15, 0.2) is 0 Å². The molecule has 1 aliphatic rings. The number of amides is 1. The van der Waals surface area contributed by atoms with E-state index in [1.165, 1.54) is 0 Å². The quantitative estimate of drug-likeness (QED) is 0.730. The summed E-state index contributed by atoms with van der Waals surface area (Å²) < 4.78 is 0. The van der Waals surface area contributed by atoms with Gasteiger partial charge in [-0.3, -0.25) is 4.79 Å². The van der Waals surface area contributed by atoms with E-state index >= 15 is 0 Å². The number of carbonyl (C=O) groups is 1. The van der Waals surface area contributed by atoms with Gasteiger partial charge in [-0.05, 0) is 25.0 Å². The third kappa shape index (κ3) is 1.80. The summed E-state index contributed by atoms with van der Waals surface area (Å²) in [6, 6.07) is 7.71. The number of fused-ring (bicyclic) bond motifs is 1. The molecule has 0 saturated heterocycles. The minimum atomic E-state index is -0.249. The van der Waals surface area contributed by atoms with Gasteiger partial charge in [0.2, 0.25) is 0 Å². The largest absolute Gasteiger partial charge is 0.393 e. The van der Waals surface area contributed by atoms with Crippen molar-refractivity contribution in [3.05, 3.63) is 36.0 Å². The topological polar surface area (TPSA) is 65.1 Å². The Bertz CT molecular complexity index is 555. The monoisotopic (exact) mass is 230 g/mol. The highest BCUT2D eigenvalue weighted by atomic mass is 16.3. The third-order valence-corrected chi connectivity index (χ3v) is 3.28. The molecule has 1 fully saturated rings. The molecule has 1 aliphatic carbocycles. The first-order chi connectivity index (χ1) is 8.24. The van der Waals surface area contributed by atoms with E-state index in [2.05, 4.69) is 10.3 Å². The molecule has 17 heavy (non-hydrogen) atoms. The van der Waals surface area contributed by atoms with Crippen LogP contribution in [0.25, 0.3) is 10.9 Å². The number of H-pyrrole nitrogens is 1. The lowest BCUT2D eigenvalue weighted by molar-refractivity contribution is 0.0563. The Kier molecular flexibility index (Phi) is 2.37. The number of para-hydroxylation sites is 1. The zero-order chi connectivity index (χ0) is 11.8. The second-order valence-electron chi connectivity index (χ2n) is 4.54. The van der Waals surface area contributed by atoms with Gasteiger partial charge < -0.3 is 15.4 Å². The molecule has 1 amide bonds. The van der Waals surface area contributed by atoms with Crippen molar-refractivity contribution in [2.45, 2.75) is 25.0 Å². The van der Waals surface area contributed by atoms with Crippen LogP contribution in [-0.4, -0.2) is 28.1 Å². The lowest BCUT2D eigenvalue weighted by Gasteiger charge is -2.31. The summed E-state index contributed by atoms with van der Waals surface area (Å²) >= 11 is 0. The first-order valence-corrected chi connectivity index (χ1v) is 5.79. The van der Waals surface area contributed by atoms with Crippen molar-refractivity contribution in [2.24, 2.45) is 0 Å². The zero-order valence-electron chi connectivity index (χ0n) is 9.31. The highest BCUT2D eigenvalue weighted by molar-refractivity contribution is 6.05. The summed E-state index contributed by atoms with van der Waals surface area (Å²) in [5.74, 6) is -0.0741. The normalized spacial score (nSPS) is 23.4. The van der Waals surface area contributed by atoms with Gasteiger partial charge in [0.25, 0.3) is 5.91 Å². The number of hydrogen-bond donors (Lipinski definition) is 3. The predicted molar refractivity (Wildman–Crippen MR) is 64.8 cm³/mol. The summed E-state index contributed by atoms with van der Waals surface area (Å²) in [6.07, 6.45) is 2.90. The molecular weight excluding hydrogens is 216 g/mol. The van der Waals surface area contributed by atoms with Crippen LogP contribution in [0.2, 0.25) is 0 Å². The van der Waals surface area contributed by atoms with Crippen molar-refractivity contribution in [3.63, 3.8) is 0 Å². The fraction of sp³-hybridized carbons (Fsp3) is 0.308. The van der Waals surface area contributed by atoms with E-state index in [4.69, 9.17) is 0 Å². The van der Waals surface area contributed by atoms with Crippen LogP contribution in [0.4, 0.5) is 0 Å². The molecule has 3 rings (SSSR count). The van der Waals surface area contributed by atoms with Crippen molar-refractivity contribution < 1.29 is 9.90 Å². The lowest BCUT2D eigenvalue weighted by Crippen LogP contribution is -2.46. The number of aromatic nitrogens is 1. The molecule has 4 heteroatoms. The van der Waals surface area contributed by atoms with Gasteiger partial charge in [-0.1, -0.05) is 12.1 Å². The molecule has 0 aliphatic heterocycles. The average Bonchev–Trinajstić information content (AvgIpc) is 2.74. The molecule has 2 aromatic rings. The van der Waals surface area contributed by atoms with E-state index in [9.17, 15) is 9.90 Å².